The Morgan fingerprint density at radius 3 is 2.08 bits per heavy atom. The van der Waals surface area contributed by atoms with Crippen LogP contribution in [-0.4, -0.2) is 87.2 Å². The molecule has 1 fully saturated rings. The van der Waals surface area contributed by atoms with Gasteiger partial charge in [-0.05, 0) is 54.6 Å². The van der Waals surface area contributed by atoms with Gasteiger partial charge >= 0.3 is 0 Å². The second-order valence-corrected chi connectivity index (χ2v) is 12.5. The monoisotopic (exact) mass is 671 g/mol. The van der Waals surface area contributed by atoms with Crippen molar-refractivity contribution in [2.75, 3.05) is 50.4 Å². The number of benzene rings is 2. The number of nitrogens with one attached hydrogen (secondary N) is 4. The average Bonchev–Trinajstić information content (AvgIpc) is 3.68. The first-order chi connectivity index (χ1) is 24.1. The molecule has 0 atom stereocenters. The van der Waals surface area contributed by atoms with Gasteiger partial charge in [0.25, 0.3) is 17.7 Å². The van der Waals surface area contributed by atoms with Crippen LogP contribution in [0.25, 0.3) is 23.1 Å². The largest absolute Gasteiger partial charge is 0.358 e. The Hall–Kier alpha value is -6.01. The molecule has 5 aromatic rings. The highest BCUT2D eigenvalue weighted by Crippen LogP contribution is 2.19. The highest BCUT2D eigenvalue weighted by molar-refractivity contribution is 6.07. The number of hydrogen-bond donors (Lipinski definition) is 4. The van der Waals surface area contributed by atoms with E-state index < -0.39 is 0 Å². The number of amides is 3. The zero-order valence-electron chi connectivity index (χ0n) is 28.4. The molecular formula is C38H41N9O3. The van der Waals surface area contributed by atoms with Crippen molar-refractivity contribution in [3.8, 4) is 0 Å². The molecule has 1 saturated heterocycles. The predicted molar refractivity (Wildman–Crippen MR) is 198 cm³/mol. The molecule has 6 rings (SSSR count). The molecule has 0 spiro atoms. The number of carbonyl (C=O) groups excluding carboxylic acids is 3. The van der Waals surface area contributed by atoms with Gasteiger partial charge in [0.15, 0.2) is 0 Å². The SMILES string of the molecule is CN1CCN(C(=N)CCNC(=O)c2cc(NC(=O)c3cc(NC(=O)c4ccc(/C=C/c5cnc6ccccc6c5)cc4)cn3C)cn2C)CC1. The molecule has 12 nitrogen and oxygen atoms in total. The van der Waals surface area contributed by atoms with Gasteiger partial charge in [0.2, 0.25) is 0 Å². The van der Waals surface area contributed by atoms with Crippen LogP contribution in [0.4, 0.5) is 11.4 Å². The van der Waals surface area contributed by atoms with E-state index in [1.54, 1.807) is 59.9 Å². The van der Waals surface area contributed by atoms with Gasteiger partial charge in [-0.15, -0.1) is 0 Å². The number of carbonyl (C=O) groups is 3. The lowest BCUT2D eigenvalue weighted by atomic mass is 10.1. The van der Waals surface area contributed by atoms with E-state index >= 15 is 0 Å². The summed E-state index contributed by atoms with van der Waals surface area (Å²) >= 11 is 0. The number of likely N-dealkylation sites (N-methyl/N-ethyl adjacent to an activating group) is 1. The van der Waals surface area contributed by atoms with Gasteiger partial charge in [-0.3, -0.25) is 24.8 Å². The number of anilines is 2. The minimum absolute atomic E-state index is 0.283. The summed E-state index contributed by atoms with van der Waals surface area (Å²) in [4.78, 5) is 47.8. The van der Waals surface area contributed by atoms with Crippen molar-refractivity contribution >= 4 is 58.0 Å². The number of piperazine rings is 1. The van der Waals surface area contributed by atoms with Gasteiger partial charge in [0, 0.05) is 82.8 Å². The van der Waals surface area contributed by atoms with Crippen LogP contribution in [-0.2, 0) is 14.1 Å². The van der Waals surface area contributed by atoms with E-state index in [1.165, 1.54) is 0 Å². The van der Waals surface area contributed by atoms with Gasteiger partial charge < -0.3 is 34.9 Å². The third kappa shape index (κ3) is 8.16. The minimum Gasteiger partial charge on any atom is -0.358 e. The maximum absolute atomic E-state index is 13.2. The van der Waals surface area contributed by atoms with Crippen LogP contribution in [0.15, 0.2) is 85.3 Å². The molecule has 0 saturated carbocycles. The third-order valence-corrected chi connectivity index (χ3v) is 8.78. The van der Waals surface area contributed by atoms with E-state index in [9.17, 15) is 14.4 Å². The Kier molecular flexibility index (Phi) is 10.2. The second kappa shape index (κ2) is 15.0. The van der Waals surface area contributed by atoms with Crippen molar-refractivity contribution in [2.24, 2.45) is 14.1 Å². The highest BCUT2D eigenvalue weighted by Gasteiger charge is 2.19. The highest BCUT2D eigenvalue weighted by atomic mass is 16.2. The first kappa shape index (κ1) is 33.9. The molecule has 0 unspecified atom stereocenters. The summed E-state index contributed by atoms with van der Waals surface area (Å²) in [6, 6.07) is 20.5. The number of amidine groups is 1. The first-order valence-electron chi connectivity index (χ1n) is 16.5. The second-order valence-electron chi connectivity index (χ2n) is 12.5. The lowest BCUT2D eigenvalue weighted by molar-refractivity contribution is 0.0944. The summed E-state index contributed by atoms with van der Waals surface area (Å²) in [5.41, 5.74) is 5.02. The zero-order valence-corrected chi connectivity index (χ0v) is 28.4. The minimum atomic E-state index is -0.385. The third-order valence-electron chi connectivity index (χ3n) is 8.78. The molecule has 12 heteroatoms. The molecule has 256 valence electrons. The lowest BCUT2D eigenvalue weighted by Crippen LogP contribution is -2.47. The van der Waals surface area contributed by atoms with E-state index in [0.29, 0.717) is 47.1 Å². The van der Waals surface area contributed by atoms with Crippen molar-refractivity contribution in [3.63, 3.8) is 0 Å². The molecule has 2 aromatic carbocycles. The van der Waals surface area contributed by atoms with Gasteiger partial charge in [0.1, 0.15) is 11.4 Å². The molecule has 4 N–H and O–H groups in total. The van der Waals surface area contributed by atoms with Crippen molar-refractivity contribution in [1.82, 2.24) is 29.2 Å². The van der Waals surface area contributed by atoms with Gasteiger partial charge in [-0.1, -0.05) is 42.5 Å². The Labute approximate surface area is 290 Å². The van der Waals surface area contributed by atoms with Crippen molar-refractivity contribution < 1.29 is 14.4 Å². The van der Waals surface area contributed by atoms with Crippen LogP contribution in [0.1, 0.15) is 48.9 Å². The smallest absolute Gasteiger partial charge is 0.272 e. The van der Waals surface area contributed by atoms with Crippen LogP contribution < -0.4 is 16.0 Å². The number of aromatic nitrogens is 3. The van der Waals surface area contributed by atoms with Crippen LogP contribution in [0.5, 0.6) is 0 Å². The predicted octanol–water partition coefficient (Wildman–Crippen LogP) is 4.93. The Bertz CT molecular complexity index is 2070. The van der Waals surface area contributed by atoms with E-state index in [-0.39, 0.29) is 17.7 Å². The topological polar surface area (TPSA) is 140 Å². The number of para-hydroxylation sites is 1. The number of hydrogen-bond acceptors (Lipinski definition) is 6. The fourth-order valence-corrected chi connectivity index (χ4v) is 5.85. The molecule has 4 heterocycles. The molecule has 0 bridgehead atoms. The fraction of sp³-hybridized carbons (Fsp3) is 0.237. The molecular weight excluding hydrogens is 630 g/mol. The molecule has 1 aliphatic rings. The van der Waals surface area contributed by atoms with Crippen molar-refractivity contribution in [2.45, 2.75) is 6.42 Å². The molecule has 0 radical (unpaired) electrons. The summed E-state index contributed by atoms with van der Waals surface area (Å²) in [6.45, 7) is 3.83. The molecule has 3 amide bonds. The summed E-state index contributed by atoms with van der Waals surface area (Å²) in [7, 11) is 5.53. The summed E-state index contributed by atoms with van der Waals surface area (Å²) in [5.74, 6) is -0.444. The molecule has 1 aliphatic heterocycles. The summed E-state index contributed by atoms with van der Waals surface area (Å²) in [5, 5.41) is 18.0. The normalized spacial score (nSPS) is 13.5. The lowest BCUT2D eigenvalue weighted by Gasteiger charge is -2.34. The standard InChI is InChI=1S/C38H41N9O3/c1-44-16-18-47(19-17-44)35(39)14-15-40-37(49)33-21-31(25-45(33)2)43-38(50)34-22-30(24-46(34)3)42-36(48)28-12-10-26(11-13-28)8-9-27-20-29-6-4-5-7-32(29)41-23-27/h4-13,20-25,39H,14-19H2,1-3H3,(H,40,49)(H,42,48)(H,43,50)/b9-8+,39-35?. The van der Waals surface area contributed by atoms with Crippen LogP contribution in [0.3, 0.4) is 0 Å². The van der Waals surface area contributed by atoms with Crippen LogP contribution in [0.2, 0.25) is 0 Å². The number of nitrogens with zero attached hydrogens (tertiary/aromatic N) is 5. The quantitative estimate of drug-likeness (QED) is 0.123. The Balaban J connectivity index is 1.00. The average molecular weight is 672 g/mol. The van der Waals surface area contributed by atoms with Gasteiger partial charge in [-0.2, -0.15) is 0 Å². The summed E-state index contributed by atoms with van der Waals surface area (Å²) < 4.78 is 3.28. The van der Waals surface area contributed by atoms with E-state index in [1.807, 2.05) is 59.6 Å². The number of rotatable bonds is 10. The van der Waals surface area contributed by atoms with E-state index in [2.05, 4.69) is 38.9 Å². The molecule has 50 heavy (non-hydrogen) atoms. The maximum atomic E-state index is 13.2. The van der Waals surface area contributed by atoms with E-state index in [4.69, 9.17) is 5.41 Å². The maximum Gasteiger partial charge on any atom is 0.272 e. The first-order valence-corrected chi connectivity index (χ1v) is 16.5. The van der Waals surface area contributed by atoms with Gasteiger partial charge in [0.05, 0.1) is 22.7 Å². The van der Waals surface area contributed by atoms with E-state index in [0.717, 1.165) is 48.2 Å². The van der Waals surface area contributed by atoms with Crippen molar-refractivity contribution in [3.05, 3.63) is 113 Å². The number of aryl methyl sites for hydroxylation is 2. The van der Waals surface area contributed by atoms with Gasteiger partial charge in [-0.25, -0.2) is 0 Å². The Morgan fingerprint density at radius 2 is 1.38 bits per heavy atom. The number of fused-ring (bicyclic) bond motifs is 1. The van der Waals surface area contributed by atoms with Crippen LogP contribution in [0, 0.1) is 5.41 Å². The zero-order chi connectivity index (χ0) is 35.2. The summed E-state index contributed by atoms with van der Waals surface area (Å²) in [6.07, 6.45) is 9.58. The molecule has 0 aliphatic carbocycles. The number of pyridine rings is 1. The Morgan fingerprint density at radius 1 is 0.760 bits per heavy atom. The molecule has 3 aromatic heterocycles. The van der Waals surface area contributed by atoms with Crippen molar-refractivity contribution in [1.29, 1.82) is 5.41 Å². The van der Waals surface area contributed by atoms with Crippen LogP contribution >= 0.6 is 0 Å². The fourth-order valence-electron chi connectivity index (χ4n) is 5.85.